The third-order valence-electron chi connectivity index (χ3n) is 4.18. The molecule has 1 unspecified atom stereocenters. The third-order valence-corrected chi connectivity index (χ3v) is 4.65. The zero-order chi connectivity index (χ0) is 19.0. The molecule has 2 aliphatic heterocycles. The molecule has 27 heavy (non-hydrogen) atoms. The molecule has 6 nitrogen and oxygen atoms in total. The van der Waals surface area contributed by atoms with E-state index >= 15 is 0 Å². The maximum Gasteiger partial charge on any atom is 0.538 e. The SMILES string of the molecule is CO[B-]12OC(C=Nc3cc(Cl)ccc3O)=CC=C1Nc1cc(Cl)ccc1O2. The lowest BCUT2D eigenvalue weighted by molar-refractivity contribution is 0.183. The van der Waals surface area contributed by atoms with E-state index in [4.69, 9.17) is 37.2 Å². The molecule has 2 aromatic carbocycles. The average Bonchev–Trinajstić information content (AvgIpc) is 2.67. The minimum atomic E-state index is -2.26. The maximum atomic E-state index is 9.87. The Labute approximate surface area is 165 Å². The second-order valence-electron chi connectivity index (χ2n) is 5.96. The highest BCUT2D eigenvalue weighted by molar-refractivity contribution is 6.71. The summed E-state index contributed by atoms with van der Waals surface area (Å²) in [5.74, 6) is 0.972. The Morgan fingerprint density at radius 1 is 1.11 bits per heavy atom. The molecule has 9 heteroatoms. The monoisotopic (exact) mass is 403 g/mol. The highest BCUT2D eigenvalue weighted by Crippen LogP contribution is 2.40. The summed E-state index contributed by atoms with van der Waals surface area (Å²) >= 11 is 12.0. The molecule has 0 radical (unpaired) electrons. The summed E-state index contributed by atoms with van der Waals surface area (Å²) in [6, 6.07) is 9.82. The highest BCUT2D eigenvalue weighted by Gasteiger charge is 2.42. The van der Waals surface area contributed by atoms with E-state index in [-0.39, 0.29) is 5.75 Å². The first-order valence-electron chi connectivity index (χ1n) is 8.07. The quantitative estimate of drug-likeness (QED) is 0.567. The van der Waals surface area contributed by atoms with Crippen molar-refractivity contribution in [2.45, 2.75) is 0 Å². The van der Waals surface area contributed by atoms with E-state index in [9.17, 15) is 5.11 Å². The number of rotatable bonds is 3. The van der Waals surface area contributed by atoms with Crippen molar-refractivity contribution in [2.75, 3.05) is 12.4 Å². The number of phenols is 1. The Balaban J connectivity index is 1.64. The number of nitrogens with zero attached hydrogens (tertiary/aromatic N) is 1. The Hall–Kier alpha value is -2.61. The third kappa shape index (κ3) is 3.37. The van der Waals surface area contributed by atoms with Gasteiger partial charge in [0.1, 0.15) is 11.4 Å². The highest BCUT2D eigenvalue weighted by atomic mass is 35.5. The molecule has 0 spiro atoms. The van der Waals surface area contributed by atoms with Gasteiger partial charge in [0.25, 0.3) is 0 Å². The van der Waals surface area contributed by atoms with Gasteiger partial charge < -0.3 is 24.4 Å². The summed E-state index contributed by atoms with van der Waals surface area (Å²) in [5.41, 5.74) is 1.67. The number of fused-ring (bicyclic) bond motifs is 2. The normalized spacial score (nSPS) is 20.6. The number of aliphatic imine (C=N–C) groups is 1. The van der Waals surface area contributed by atoms with Crippen LogP contribution in [0.2, 0.25) is 10.0 Å². The van der Waals surface area contributed by atoms with Crippen LogP contribution in [-0.2, 0) is 9.31 Å². The summed E-state index contributed by atoms with van der Waals surface area (Å²) in [7, 11) is 1.50. The molecule has 2 heterocycles. The molecule has 0 aliphatic carbocycles. The van der Waals surface area contributed by atoms with Crippen molar-refractivity contribution in [3.05, 3.63) is 70.0 Å². The Kier molecular flexibility index (Phi) is 4.51. The van der Waals surface area contributed by atoms with Crippen LogP contribution >= 0.6 is 23.2 Å². The molecule has 2 aliphatic rings. The van der Waals surface area contributed by atoms with Crippen molar-refractivity contribution in [1.82, 2.24) is 0 Å². The van der Waals surface area contributed by atoms with E-state index < -0.39 is 6.75 Å². The molecule has 1 atom stereocenters. The molecule has 0 fully saturated rings. The number of aromatic hydroxyl groups is 1. The van der Waals surface area contributed by atoms with E-state index in [2.05, 4.69) is 10.3 Å². The molecule has 0 bridgehead atoms. The minimum absolute atomic E-state index is 0.0108. The van der Waals surface area contributed by atoms with Crippen LogP contribution in [0.4, 0.5) is 11.4 Å². The first-order valence-corrected chi connectivity index (χ1v) is 8.83. The second-order valence-corrected chi connectivity index (χ2v) is 6.83. The van der Waals surface area contributed by atoms with Gasteiger partial charge in [0.2, 0.25) is 0 Å². The van der Waals surface area contributed by atoms with Gasteiger partial charge in [0.05, 0.1) is 23.4 Å². The van der Waals surface area contributed by atoms with Crippen LogP contribution in [0.5, 0.6) is 11.5 Å². The lowest BCUT2D eigenvalue weighted by atomic mass is 9.70. The topological polar surface area (TPSA) is 72.3 Å². The van der Waals surface area contributed by atoms with Crippen molar-refractivity contribution in [1.29, 1.82) is 0 Å². The molecule has 2 N–H and O–H groups in total. The summed E-state index contributed by atoms with van der Waals surface area (Å²) in [6.45, 7) is -2.26. The van der Waals surface area contributed by atoms with Gasteiger partial charge in [-0.1, -0.05) is 29.3 Å². The summed E-state index contributed by atoms with van der Waals surface area (Å²) in [5, 5.41) is 14.1. The zero-order valence-corrected chi connectivity index (χ0v) is 15.7. The molecular formula is C18H14BCl2N2O4-. The molecule has 2 aromatic rings. The van der Waals surface area contributed by atoms with Crippen LogP contribution in [0.3, 0.4) is 0 Å². The average molecular weight is 404 g/mol. The number of hydrogen-bond acceptors (Lipinski definition) is 6. The number of phenolic OH excluding ortho intramolecular Hbond substituents is 1. The van der Waals surface area contributed by atoms with Crippen LogP contribution in [0, 0.1) is 0 Å². The lowest BCUT2D eigenvalue weighted by Gasteiger charge is -2.48. The fourth-order valence-corrected chi connectivity index (χ4v) is 3.18. The number of anilines is 1. The predicted octanol–water partition coefficient (Wildman–Crippen LogP) is 4.83. The Bertz CT molecular complexity index is 1010. The van der Waals surface area contributed by atoms with Gasteiger partial charge in [-0.3, -0.25) is 0 Å². The molecular weight excluding hydrogens is 390 g/mol. The number of halogens is 2. The fourth-order valence-electron chi connectivity index (χ4n) is 2.84. The number of benzene rings is 2. The van der Waals surface area contributed by atoms with Gasteiger partial charge in [0.15, 0.2) is 0 Å². The van der Waals surface area contributed by atoms with Crippen molar-refractivity contribution < 1.29 is 19.1 Å². The van der Waals surface area contributed by atoms with Gasteiger partial charge >= 0.3 is 6.75 Å². The van der Waals surface area contributed by atoms with Gasteiger partial charge in [0, 0.05) is 10.0 Å². The molecule has 0 saturated heterocycles. The largest absolute Gasteiger partial charge is 0.654 e. The Morgan fingerprint density at radius 2 is 1.89 bits per heavy atom. The minimum Gasteiger partial charge on any atom is -0.654 e. The van der Waals surface area contributed by atoms with Gasteiger partial charge in [-0.05, 0) is 55.2 Å². The number of nitrogens with one attached hydrogen (secondary N) is 1. The van der Waals surface area contributed by atoms with Crippen molar-refractivity contribution >= 4 is 47.5 Å². The molecule has 4 rings (SSSR count). The van der Waals surface area contributed by atoms with Crippen molar-refractivity contribution in [3.63, 3.8) is 0 Å². The number of allylic oxidation sites excluding steroid dienone is 3. The van der Waals surface area contributed by atoms with E-state index in [1.807, 2.05) is 0 Å². The van der Waals surface area contributed by atoms with Crippen LogP contribution in [0.15, 0.2) is 64.9 Å². The van der Waals surface area contributed by atoms with Gasteiger partial charge in [-0.15, -0.1) is 0 Å². The second kappa shape index (κ2) is 6.85. The number of hydrogen-bond donors (Lipinski definition) is 2. The van der Waals surface area contributed by atoms with Crippen molar-refractivity contribution in [3.8, 4) is 11.5 Å². The Morgan fingerprint density at radius 3 is 2.70 bits per heavy atom. The van der Waals surface area contributed by atoms with Crippen molar-refractivity contribution in [2.24, 2.45) is 4.99 Å². The van der Waals surface area contributed by atoms with E-state index in [1.165, 1.54) is 19.4 Å². The smallest absolute Gasteiger partial charge is 0.538 e. The van der Waals surface area contributed by atoms with Crippen LogP contribution in [0.1, 0.15) is 0 Å². The zero-order valence-electron chi connectivity index (χ0n) is 14.1. The van der Waals surface area contributed by atoms with Gasteiger partial charge in [-0.25, -0.2) is 4.99 Å². The van der Waals surface area contributed by atoms with E-state index in [1.54, 1.807) is 42.5 Å². The lowest BCUT2D eigenvalue weighted by Crippen LogP contribution is -2.55. The predicted molar refractivity (Wildman–Crippen MR) is 107 cm³/mol. The van der Waals surface area contributed by atoms with Crippen LogP contribution in [0.25, 0.3) is 0 Å². The van der Waals surface area contributed by atoms with E-state index in [0.717, 1.165) is 5.69 Å². The first kappa shape index (κ1) is 17.8. The molecule has 0 saturated carbocycles. The fraction of sp³-hybridized carbons (Fsp3) is 0.0556. The summed E-state index contributed by atoms with van der Waals surface area (Å²) < 4.78 is 17.5. The maximum absolute atomic E-state index is 9.87. The molecule has 138 valence electrons. The first-order chi connectivity index (χ1) is 13.0. The van der Waals surface area contributed by atoms with Crippen LogP contribution in [-0.4, -0.2) is 25.2 Å². The molecule has 0 aromatic heterocycles. The molecule has 0 amide bonds. The summed E-state index contributed by atoms with van der Waals surface area (Å²) in [4.78, 5) is 4.23. The van der Waals surface area contributed by atoms with Gasteiger partial charge in [-0.2, -0.15) is 0 Å². The summed E-state index contributed by atoms with van der Waals surface area (Å²) in [6.07, 6.45) is 4.96. The van der Waals surface area contributed by atoms with Crippen LogP contribution < -0.4 is 9.97 Å². The standard InChI is InChI=1S/C18H14BCl2N2O4/c1-25-19-18(23-15-9-12(21)3-6-17(15)27-19)7-4-13(26-19)10-22-14-8-11(20)2-5-16(14)24/h2-10,23-24H,1H3/q-1. The van der Waals surface area contributed by atoms with E-state index in [0.29, 0.717) is 32.8 Å².